The molecule has 0 aliphatic heterocycles. The second-order valence-electron chi connectivity index (χ2n) is 4.20. The number of aromatic nitrogens is 2. The maximum atomic E-state index is 4.40. The lowest BCUT2D eigenvalue weighted by Crippen LogP contribution is -2.06. The third-order valence-corrected chi connectivity index (χ3v) is 3.53. The summed E-state index contributed by atoms with van der Waals surface area (Å²) in [6.07, 6.45) is 1.80. The number of nitrogens with zero attached hydrogens (tertiary/aromatic N) is 2. The van der Waals surface area contributed by atoms with Gasteiger partial charge in [-0.2, -0.15) is 0 Å². The Balaban J connectivity index is 2.17. The van der Waals surface area contributed by atoms with Crippen LogP contribution in [0, 0.1) is 13.8 Å². The van der Waals surface area contributed by atoms with E-state index in [1.807, 2.05) is 20.0 Å². The summed E-state index contributed by atoms with van der Waals surface area (Å²) in [6.45, 7) is 5.01. The van der Waals surface area contributed by atoms with Gasteiger partial charge in [-0.1, -0.05) is 6.07 Å². The van der Waals surface area contributed by atoms with Crippen LogP contribution in [-0.2, 0) is 6.54 Å². The predicted octanol–water partition coefficient (Wildman–Crippen LogP) is 2.96. The van der Waals surface area contributed by atoms with E-state index >= 15 is 0 Å². The average molecular weight is 259 g/mol. The monoisotopic (exact) mass is 259 g/mol. The van der Waals surface area contributed by atoms with Crippen LogP contribution in [0.15, 0.2) is 40.5 Å². The molecule has 3 nitrogen and oxygen atoms in total. The van der Waals surface area contributed by atoms with Gasteiger partial charge in [-0.15, -0.1) is 0 Å². The number of hydrogen-bond donors (Lipinski definition) is 1. The molecule has 0 radical (unpaired) electrons. The summed E-state index contributed by atoms with van der Waals surface area (Å²) < 4.78 is 0. The van der Waals surface area contributed by atoms with Gasteiger partial charge in [0.25, 0.3) is 0 Å². The van der Waals surface area contributed by atoms with E-state index in [9.17, 15) is 0 Å². The summed E-state index contributed by atoms with van der Waals surface area (Å²) in [5.74, 6) is 0. The molecule has 18 heavy (non-hydrogen) atoms. The second-order valence-corrected chi connectivity index (χ2v) is 5.24. The van der Waals surface area contributed by atoms with Gasteiger partial charge in [0.2, 0.25) is 0 Å². The van der Waals surface area contributed by atoms with Crippen molar-refractivity contribution in [1.29, 1.82) is 0 Å². The highest BCUT2D eigenvalue weighted by Crippen LogP contribution is 2.26. The maximum absolute atomic E-state index is 4.40. The SMILES string of the molecule is CNCc1ccc(Sc2nccc(C)n2)cc1C. The van der Waals surface area contributed by atoms with Crippen LogP contribution in [0.25, 0.3) is 0 Å². The zero-order chi connectivity index (χ0) is 13.0. The fraction of sp³-hybridized carbons (Fsp3) is 0.286. The van der Waals surface area contributed by atoms with E-state index in [0.29, 0.717) is 0 Å². The van der Waals surface area contributed by atoms with Crippen LogP contribution in [0.2, 0.25) is 0 Å². The van der Waals surface area contributed by atoms with Crippen LogP contribution >= 0.6 is 11.8 Å². The summed E-state index contributed by atoms with van der Waals surface area (Å²) in [5.41, 5.74) is 3.62. The van der Waals surface area contributed by atoms with E-state index in [1.165, 1.54) is 16.0 Å². The largest absolute Gasteiger partial charge is 0.316 e. The molecule has 4 heteroatoms. The Morgan fingerprint density at radius 2 is 2.06 bits per heavy atom. The first-order chi connectivity index (χ1) is 8.69. The molecule has 0 saturated carbocycles. The molecule has 0 bridgehead atoms. The van der Waals surface area contributed by atoms with Crippen molar-refractivity contribution < 1.29 is 0 Å². The van der Waals surface area contributed by atoms with Crippen molar-refractivity contribution >= 4 is 11.8 Å². The van der Waals surface area contributed by atoms with Crippen LogP contribution in [0.1, 0.15) is 16.8 Å². The first kappa shape index (κ1) is 13.1. The molecule has 2 aromatic rings. The minimum absolute atomic E-state index is 0.802. The van der Waals surface area contributed by atoms with Gasteiger partial charge in [-0.25, -0.2) is 9.97 Å². The summed E-state index contributed by atoms with van der Waals surface area (Å²) in [4.78, 5) is 9.84. The highest BCUT2D eigenvalue weighted by molar-refractivity contribution is 7.99. The van der Waals surface area contributed by atoms with Crippen LogP contribution in [-0.4, -0.2) is 17.0 Å². The van der Waals surface area contributed by atoms with Crippen LogP contribution < -0.4 is 5.32 Å². The number of aryl methyl sites for hydroxylation is 2. The van der Waals surface area contributed by atoms with Gasteiger partial charge in [0.1, 0.15) is 0 Å². The van der Waals surface area contributed by atoms with Gasteiger partial charge in [-0.05, 0) is 62.0 Å². The molecular weight excluding hydrogens is 242 g/mol. The van der Waals surface area contributed by atoms with E-state index in [0.717, 1.165) is 17.4 Å². The lowest BCUT2D eigenvalue weighted by atomic mass is 10.1. The highest BCUT2D eigenvalue weighted by atomic mass is 32.2. The van der Waals surface area contributed by atoms with Crippen molar-refractivity contribution in [3.8, 4) is 0 Å². The molecule has 1 N–H and O–H groups in total. The van der Waals surface area contributed by atoms with Crippen molar-refractivity contribution in [1.82, 2.24) is 15.3 Å². The smallest absolute Gasteiger partial charge is 0.192 e. The van der Waals surface area contributed by atoms with Crippen molar-refractivity contribution in [3.63, 3.8) is 0 Å². The average Bonchev–Trinajstić information content (AvgIpc) is 2.33. The summed E-state index contributed by atoms with van der Waals surface area (Å²) in [6, 6.07) is 8.37. The fourth-order valence-electron chi connectivity index (χ4n) is 1.70. The van der Waals surface area contributed by atoms with Crippen LogP contribution in [0.4, 0.5) is 0 Å². The summed E-state index contributed by atoms with van der Waals surface area (Å²) >= 11 is 1.60. The van der Waals surface area contributed by atoms with Gasteiger partial charge >= 0.3 is 0 Å². The molecule has 1 aromatic heterocycles. The lowest BCUT2D eigenvalue weighted by molar-refractivity contribution is 0.811. The normalized spacial score (nSPS) is 10.6. The summed E-state index contributed by atoms with van der Waals surface area (Å²) in [5, 5.41) is 3.97. The van der Waals surface area contributed by atoms with Gasteiger partial charge in [0.15, 0.2) is 5.16 Å². The van der Waals surface area contributed by atoms with Crippen molar-refractivity contribution in [2.75, 3.05) is 7.05 Å². The first-order valence-corrected chi connectivity index (χ1v) is 6.72. The molecular formula is C14H17N3S. The molecule has 0 atom stereocenters. The molecule has 1 aromatic carbocycles. The predicted molar refractivity (Wildman–Crippen MR) is 74.8 cm³/mol. The Labute approximate surface area is 112 Å². The molecule has 2 rings (SSSR count). The second kappa shape index (κ2) is 5.98. The van der Waals surface area contributed by atoms with Gasteiger partial charge < -0.3 is 5.32 Å². The zero-order valence-corrected chi connectivity index (χ0v) is 11.7. The molecule has 0 aliphatic rings. The molecule has 0 fully saturated rings. The number of hydrogen-bond acceptors (Lipinski definition) is 4. The Kier molecular flexibility index (Phi) is 4.33. The van der Waals surface area contributed by atoms with Crippen molar-refractivity contribution in [3.05, 3.63) is 47.3 Å². The van der Waals surface area contributed by atoms with E-state index in [-0.39, 0.29) is 0 Å². The number of benzene rings is 1. The first-order valence-electron chi connectivity index (χ1n) is 5.90. The third kappa shape index (κ3) is 3.31. The third-order valence-electron chi connectivity index (χ3n) is 2.66. The lowest BCUT2D eigenvalue weighted by Gasteiger charge is -2.07. The van der Waals surface area contributed by atoms with E-state index in [1.54, 1.807) is 18.0 Å². The summed E-state index contributed by atoms with van der Waals surface area (Å²) in [7, 11) is 1.96. The Morgan fingerprint density at radius 3 is 2.72 bits per heavy atom. The quantitative estimate of drug-likeness (QED) is 0.857. The topological polar surface area (TPSA) is 37.8 Å². The molecule has 0 aliphatic carbocycles. The highest BCUT2D eigenvalue weighted by Gasteiger charge is 2.03. The Bertz CT molecular complexity index is 540. The Morgan fingerprint density at radius 1 is 1.22 bits per heavy atom. The van der Waals surface area contributed by atoms with Crippen molar-refractivity contribution in [2.45, 2.75) is 30.4 Å². The van der Waals surface area contributed by atoms with E-state index in [4.69, 9.17) is 0 Å². The number of rotatable bonds is 4. The fourth-order valence-corrected chi connectivity index (χ4v) is 2.59. The number of nitrogens with one attached hydrogen (secondary N) is 1. The van der Waals surface area contributed by atoms with E-state index < -0.39 is 0 Å². The Hall–Kier alpha value is -1.39. The van der Waals surface area contributed by atoms with Crippen molar-refractivity contribution in [2.24, 2.45) is 0 Å². The van der Waals surface area contributed by atoms with Gasteiger partial charge in [0.05, 0.1) is 0 Å². The van der Waals surface area contributed by atoms with Crippen LogP contribution in [0.3, 0.4) is 0 Å². The van der Waals surface area contributed by atoms with Gasteiger partial charge in [-0.3, -0.25) is 0 Å². The minimum atomic E-state index is 0.802. The van der Waals surface area contributed by atoms with Crippen LogP contribution in [0.5, 0.6) is 0 Å². The molecule has 0 saturated heterocycles. The molecule has 94 valence electrons. The van der Waals surface area contributed by atoms with Gasteiger partial charge in [0, 0.05) is 23.3 Å². The molecule has 0 amide bonds. The molecule has 0 unspecified atom stereocenters. The molecule has 1 heterocycles. The maximum Gasteiger partial charge on any atom is 0.192 e. The minimum Gasteiger partial charge on any atom is -0.316 e. The standard InChI is InChI=1S/C14H17N3S/c1-10-8-13(5-4-12(10)9-15-3)18-14-16-7-6-11(2)17-14/h4-8,15H,9H2,1-3H3. The zero-order valence-electron chi connectivity index (χ0n) is 10.9. The van der Waals surface area contributed by atoms with E-state index in [2.05, 4.69) is 40.4 Å². The molecule has 0 spiro atoms.